The van der Waals surface area contributed by atoms with Gasteiger partial charge in [-0.15, -0.1) is 11.3 Å². The Morgan fingerprint density at radius 3 is 2.87 bits per heavy atom. The smallest absolute Gasteiger partial charge is 0.407 e. The van der Waals surface area contributed by atoms with Crippen molar-refractivity contribution in [1.82, 2.24) is 9.88 Å². The van der Waals surface area contributed by atoms with Crippen LogP contribution in [0, 0.1) is 0 Å². The molecule has 2 rings (SSSR count). The number of nitrogens with one attached hydrogen (secondary N) is 1. The molecule has 1 N–H and O–H groups in total. The molecule has 1 heterocycles. The van der Waals surface area contributed by atoms with Crippen molar-refractivity contribution >= 4 is 46.5 Å². The fourth-order valence-electron chi connectivity index (χ4n) is 1.71. The van der Waals surface area contributed by atoms with Crippen molar-refractivity contribution in [2.75, 3.05) is 13.7 Å². The van der Waals surface area contributed by atoms with Gasteiger partial charge in [-0.2, -0.15) is 4.99 Å². The monoisotopic (exact) mass is 373 g/mol. The maximum atomic E-state index is 11.8. The van der Waals surface area contributed by atoms with Gasteiger partial charge in [0.1, 0.15) is 6.54 Å². The molecule has 0 fully saturated rings. The molecule has 122 valence electrons. The fraction of sp³-hybridized carbons (Fsp3) is 0.214. The van der Waals surface area contributed by atoms with Gasteiger partial charge in [0.15, 0.2) is 4.80 Å². The lowest BCUT2D eigenvalue weighted by Crippen LogP contribution is -2.29. The summed E-state index contributed by atoms with van der Waals surface area (Å²) in [6.07, 6.45) is 1.12. The van der Waals surface area contributed by atoms with Crippen LogP contribution in [0.1, 0.15) is 5.56 Å². The first-order valence-electron chi connectivity index (χ1n) is 6.47. The van der Waals surface area contributed by atoms with Gasteiger partial charge < -0.3 is 14.6 Å². The van der Waals surface area contributed by atoms with E-state index in [2.05, 4.69) is 15.0 Å². The zero-order chi connectivity index (χ0) is 16.8. The number of thiazole rings is 1. The summed E-state index contributed by atoms with van der Waals surface area (Å²) in [5, 5.41) is 5.19. The molecule has 1 aromatic heterocycles. The Morgan fingerprint density at radius 2 is 2.17 bits per heavy atom. The number of ether oxygens (including phenoxy) is 1. The summed E-state index contributed by atoms with van der Waals surface area (Å²) < 4.78 is 6.18. The van der Waals surface area contributed by atoms with Crippen LogP contribution in [0.5, 0.6) is 0 Å². The quantitative estimate of drug-likeness (QED) is 0.895. The third-order valence-corrected chi connectivity index (χ3v) is 4.19. The number of amides is 2. The predicted molar refractivity (Wildman–Crippen MR) is 88.9 cm³/mol. The maximum Gasteiger partial charge on any atom is 0.407 e. The first-order chi connectivity index (χ1) is 11.0. The van der Waals surface area contributed by atoms with Crippen LogP contribution in [0.4, 0.5) is 4.79 Å². The first kappa shape index (κ1) is 17.5. The number of alkyl carbamates (subject to hydrolysis) is 1. The molecule has 0 spiro atoms. The molecule has 0 saturated heterocycles. The number of hydrogen-bond acceptors (Lipinski definition) is 4. The Labute approximate surface area is 146 Å². The normalized spacial score (nSPS) is 11.3. The van der Waals surface area contributed by atoms with Gasteiger partial charge in [0.25, 0.3) is 5.91 Å². The molecule has 0 unspecified atom stereocenters. The second-order valence-corrected chi connectivity index (χ2v) is 6.12. The number of hydrogen-bond donors (Lipinski definition) is 1. The van der Waals surface area contributed by atoms with Crippen LogP contribution < -0.4 is 10.1 Å². The number of nitrogens with zero attached hydrogens (tertiary/aromatic N) is 2. The third-order valence-electron chi connectivity index (χ3n) is 2.81. The Balaban J connectivity index is 2.14. The van der Waals surface area contributed by atoms with E-state index in [4.69, 9.17) is 23.2 Å². The highest BCUT2D eigenvalue weighted by atomic mass is 35.5. The van der Waals surface area contributed by atoms with Crippen LogP contribution >= 0.6 is 34.5 Å². The van der Waals surface area contributed by atoms with E-state index in [0.717, 1.165) is 5.56 Å². The Morgan fingerprint density at radius 1 is 1.39 bits per heavy atom. The lowest BCUT2D eigenvalue weighted by molar-refractivity contribution is -0.117. The van der Waals surface area contributed by atoms with Crippen LogP contribution in [-0.2, 0) is 16.1 Å². The Kier molecular flexibility index (Phi) is 6.20. The van der Waals surface area contributed by atoms with Crippen molar-refractivity contribution in [1.29, 1.82) is 0 Å². The average Bonchev–Trinajstić information content (AvgIpc) is 2.94. The second kappa shape index (κ2) is 8.14. The number of rotatable bonds is 4. The van der Waals surface area contributed by atoms with Crippen LogP contribution in [0.15, 0.2) is 34.8 Å². The van der Waals surface area contributed by atoms with E-state index in [1.165, 1.54) is 18.4 Å². The SMILES string of the molecule is COC(=O)NCC(=O)N=c1sccn1Cc1ccc(Cl)cc1Cl. The van der Waals surface area contributed by atoms with Gasteiger partial charge >= 0.3 is 6.09 Å². The number of aromatic nitrogens is 1. The lowest BCUT2D eigenvalue weighted by Gasteiger charge is -2.06. The molecule has 2 aromatic rings. The molecule has 0 aliphatic carbocycles. The van der Waals surface area contributed by atoms with Gasteiger partial charge in [0.2, 0.25) is 0 Å². The van der Waals surface area contributed by atoms with Crippen molar-refractivity contribution in [3.8, 4) is 0 Å². The summed E-state index contributed by atoms with van der Waals surface area (Å²) in [7, 11) is 1.22. The van der Waals surface area contributed by atoms with Gasteiger partial charge in [0.05, 0.1) is 13.7 Å². The number of benzene rings is 1. The van der Waals surface area contributed by atoms with Crippen molar-refractivity contribution in [2.24, 2.45) is 4.99 Å². The van der Waals surface area contributed by atoms with E-state index in [9.17, 15) is 9.59 Å². The molecule has 23 heavy (non-hydrogen) atoms. The molecular formula is C14H13Cl2N3O3S. The molecule has 0 atom stereocenters. The Bertz CT molecular complexity index is 786. The van der Waals surface area contributed by atoms with Gasteiger partial charge in [-0.1, -0.05) is 29.3 Å². The van der Waals surface area contributed by atoms with E-state index < -0.39 is 12.0 Å². The minimum Gasteiger partial charge on any atom is -0.453 e. The number of methoxy groups -OCH3 is 1. The summed E-state index contributed by atoms with van der Waals surface area (Å²) in [4.78, 5) is 27.2. The largest absolute Gasteiger partial charge is 0.453 e. The van der Waals surface area contributed by atoms with E-state index in [1.54, 1.807) is 22.9 Å². The van der Waals surface area contributed by atoms with Gasteiger partial charge in [-0.05, 0) is 17.7 Å². The molecule has 0 bridgehead atoms. The molecule has 0 aliphatic heterocycles. The zero-order valence-electron chi connectivity index (χ0n) is 12.1. The van der Waals surface area contributed by atoms with Crippen LogP contribution in [0.25, 0.3) is 0 Å². The minimum atomic E-state index is -0.680. The average molecular weight is 374 g/mol. The van der Waals surface area contributed by atoms with Crippen molar-refractivity contribution < 1.29 is 14.3 Å². The van der Waals surface area contributed by atoms with Gasteiger partial charge in [-0.3, -0.25) is 4.79 Å². The summed E-state index contributed by atoms with van der Waals surface area (Å²) in [6.45, 7) is 0.225. The summed E-state index contributed by atoms with van der Waals surface area (Å²) in [6, 6.07) is 5.23. The number of carbonyl (C=O) groups is 2. The predicted octanol–water partition coefficient (Wildman–Crippen LogP) is 2.69. The molecular weight excluding hydrogens is 361 g/mol. The van der Waals surface area contributed by atoms with Gasteiger partial charge in [0, 0.05) is 21.6 Å². The van der Waals surface area contributed by atoms with Crippen molar-refractivity contribution in [2.45, 2.75) is 6.54 Å². The molecule has 6 nitrogen and oxygen atoms in total. The molecule has 0 radical (unpaired) electrons. The Hall–Kier alpha value is -1.83. The topological polar surface area (TPSA) is 72.7 Å². The number of halogens is 2. The van der Waals surface area contributed by atoms with Crippen LogP contribution in [0.2, 0.25) is 10.0 Å². The molecule has 2 amide bonds. The second-order valence-electron chi connectivity index (χ2n) is 4.40. The highest BCUT2D eigenvalue weighted by molar-refractivity contribution is 7.07. The molecule has 1 aromatic carbocycles. The van der Waals surface area contributed by atoms with E-state index in [-0.39, 0.29) is 6.54 Å². The summed E-state index contributed by atoms with van der Waals surface area (Å²) in [5.41, 5.74) is 0.857. The number of carbonyl (C=O) groups excluding carboxylic acids is 2. The first-order valence-corrected chi connectivity index (χ1v) is 8.10. The summed E-state index contributed by atoms with van der Waals surface area (Å²) in [5.74, 6) is -0.478. The highest BCUT2D eigenvalue weighted by Gasteiger charge is 2.06. The molecule has 0 aliphatic rings. The third kappa shape index (κ3) is 5.09. The standard InChI is InChI=1S/C14H13Cl2N3O3S/c1-22-14(21)17-7-12(20)18-13-19(4-5-23-13)8-9-2-3-10(15)6-11(9)16/h2-6H,7-8H2,1H3,(H,17,21). The van der Waals surface area contributed by atoms with Crippen LogP contribution in [0.3, 0.4) is 0 Å². The highest BCUT2D eigenvalue weighted by Crippen LogP contribution is 2.21. The minimum absolute atomic E-state index is 0.230. The molecule has 0 saturated carbocycles. The van der Waals surface area contributed by atoms with E-state index in [0.29, 0.717) is 21.4 Å². The van der Waals surface area contributed by atoms with Crippen LogP contribution in [-0.4, -0.2) is 30.2 Å². The van der Waals surface area contributed by atoms with E-state index >= 15 is 0 Å². The lowest BCUT2D eigenvalue weighted by atomic mass is 10.2. The zero-order valence-corrected chi connectivity index (χ0v) is 14.4. The summed E-state index contributed by atoms with van der Waals surface area (Å²) >= 11 is 13.3. The molecule has 9 heteroatoms. The van der Waals surface area contributed by atoms with Crippen molar-refractivity contribution in [3.05, 3.63) is 50.2 Å². The maximum absolute atomic E-state index is 11.8. The van der Waals surface area contributed by atoms with Crippen molar-refractivity contribution in [3.63, 3.8) is 0 Å². The van der Waals surface area contributed by atoms with E-state index in [1.807, 2.05) is 11.4 Å². The fourth-order valence-corrected chi connectivity index (χ4v) is 2.92. The van der Waals surface area contributed by atoms with Gasteiger partial charge in [-0.25, -0.2) is 4.79 Å².